The fraction of sp³-hybridized carbons (Fsp3) is 0.294. The molecule has 2 fully saturated rings. The van der Waals surface area contributed by atoms with Gasteiger partial charge >= 0.3 is 5.56 Å². The van der Waals surface area contributed by atoms with Crippen molar-refractivity contribution in [1.82, 2.24) is 24.7 Å². The summed E-state index contributed by atoms with van der Waals surface area (Å²) in [6.07, 6.45) is 9.49. The molecule has 7 rings (SSSR count). The van der Waals surface area contributed by atoms with Gasteiger partial charge in [0.2, 0.25) is 23.7 Å². The van der Waals surface area contributed by atoms with Gasteiger partial charge in [0, 0.05) is 62.5 Å². The Morgan fingerprint density at radius 1 is 1.06 bits per heavy atom. The predicted molar refractivity (Wildman–Crippen MR) is 174 cm³/mol. The second-order valence-electron chi connectivity index (χ2n) is 12.0. The number of nitrogens with zero attached hydrogens (tertiary/aromatic N) is 5. The highest BCUT2D eigenvalue weighted by molar-refractivity contribution is 6.34. The summed E-state index contributed by atoms with van der Waals surface area (Å²) in [5.74, 6) is -1.12. The van der Waals surface area contributed by atoms with E-state index in [1.165, 1.54) is 0 Å². The van der Waals surface area contributed by atoms with Crippen LogP contribution in [0.3, 0.4) is 0 Å². The highest BCUT2D eigenvalue weighted by Gasteiger charge is 2.39. The van der Waals surface area contributed by atoms with Gasteiger partial charge in [-0.15, -0.1) is 0 Å². The van der Waals surface area contributed by atoms with Crippen LogP contribution in [-0.4, -0.2) is 75.2 Å². The van der Waals surface area contributed by atoms with Crippen LogP contribution in [0.1, 0.15) is 46.0 Å². The normalized spacial score (nSPS) is 18.4. The maximum Gasteiger partial charge on any atom is 0.302 e. The second-order valence-corrected chi connectivity index (χ2v) is 12.4. The van der Waals surface area contributed by atoms with Gasteiger partial charge in [0.1, 0.15) is 12.2 Å². The van der Waals surface area contributed by atoms with Gasteiger partial charge in [-0.2, -0.15) is 4.40 Å². The Kier molecular flexibility index (Phi) is 7.88. The molecule has 4 amide bonds. The Bertz CT molecular complexity index is 2040. The van der Waals surface area contributed by atoms with Crippen molar-refractivity contribution >= 4 is 46.4 Å². The average Bonchev–Trinajstić information content (AvgIpc) is 3.69. The molecule has 0 radical (unpaired) electrons. The first-order valence-electron chi connectivity index (χ1n) is 15.6. The van der Waals surface area contributed by atoms with Gasteiger partial charge < -0.3 is 19.3 Å². The Morgan fingerprint density at radius 3 is 2.62 bits per heavy atom. The number of piperidine rings is 1. The smallest absolute Gasteiger partial charge is 0.302 e. The van der Waals surface area contributed by atoms with Gasteiger partial charge in [-0.05, 0) is 49.2 Å². The van der Waals surface area contributed by atoms with Crippen LogP contribution in [0.5, 0.6) is 0 Å². The molecule has 4 aromatic rings. The van der Waals surface area contributed by atoms with E-state index < -0.39 is 11.9 Å². The van der Waals surface area contributed by atoms with Gasteiger partial charge in [-0.1, -0.05) is 29.8 Å². The van der Waals surface area contributed by atoms with Gasteiger partial charge in [0.25, 0.3) is 11.8 Å². The standard InChI is InChI=1S/C34H32ClN7O5/c1-2-3-10-40-19-29(42-20-36-17-28(42)34(40)47)21-5-7-24(26(35)15-21)32(45)39-13-11-38(12-14-39)23-6-4-22-18-41(33(46)25(22)16-23)27-8-9-30(43)37-31(27)44/h2-7,15-17,19-20,27H,8-14,18H2,1H3,(H,37,43,44)/p+1/b3-2+. The van der Waals surface area contributed by atoms with E-state index in [-0.39, 0.29) is 29.7 Å². The molecule has 1 unspecified atom stereocenters. The summed E-state index contributed by atoms with van der Waals surface area (Å²) in [5.41, 5.74) is 4.59. The maximum atomic E-state index is 13.6. The van der Waals surface area contributed by atoms with E-state index in [9.17, 15) is 24.0 Å². The average molecular weight is 655 g/mol. The topological polar surface area (TPSA) is 132 Å². The Balaban J connectivity index is 1.04. The van der Waals surface area contributed by atoms with Crippen LogP contribution in [0.25, 0.3) is 16.8 Å². The lowest BCUT2D eigenvalue weighted by atomic mass is 10.0. The number of halogens is 1. The quantitative estimate of drug-likeness (QED) is 0.187. The number of H-pyrrole nitrogens is 1. The fourth-order valence-electron chi connectivity index (χ4n) is 6.60. The number of benzene rings is 2. The molecular weight excluding hydrogens is 622 g/mol. The van der Waals surface area contributed by atoms with Gasteiger partial charge in [0.05, 0.1) is 16.8 Å². The van der Waals surface area contributed by atoms with Crippen molar-refractivity contribution in [1.29, 1.82) is 0 Å². The van der Waals surface area contributed by atoms with E-state index in [0.29, 0.717) is 67.4 Å². The van der Waals surface area contributed by atoms with Crippen LogP contribution in [0, 0.1) is 0 Å². The molecule has 2 aromatic heterocycles. The number of carbonyl (C=O) groups excluding carboxylic acids is 4. The second kappa shape index (κ2) is 12.2. The zero-order valence-corrected chi connectivity index (χ0v) is 26.5. The van der Waals surface area contributed by atoms with Gasteiger partial charge in [-0.3, -0.25) is 29.3 Å². The number of amides is 4. The molecule has 240 valence electrons. The van der Waals surface area contributed by atoms with Crippen LogP contribution in [0.15, 0.2) is 72.1 Å². The van der Waals surface area contributed by atoms with Crippen LogP contribution in [0.4, 0.5) is 5.69 Å². The number of aromatic amines is 1. The molecule has 3 aliphatic rings. The monoisotopic (exact) mass is 654 g/mol. The number of anilines is 1. The summed E-state index contributed by atoms with van der Waals surface area (Å²) in [6.45, 7) is 4.75. The highest BCUT2D eigenvalue weighted by atomic mass is 35.5. The first kappa shape index (κ1) is 30.4. The maximum absolute atomic E-state index is 13.6. The first-order valence-corrected chi connectivity index (χ1v) is 16.0. The molecule has 0 spiro atoms. The third-order valence-electron chi connectivity index (χ3n) is 9.18. The van der Waals surface area contributed by atoms with Crippen molar-refractivity contribution in [3.8, 4) is 11.3 Å². The Hall–Kier alpha value is -5.23. The summed E-state index contributed by atoms with van der Waals surface area (Å²) in [6, 6.07) is 10.4. The number of piperazine rings is 1. The SMILES string of the molecule is C/C=C/Cn1cc(-c2ccc(C(=O)N3CCN(c4ccc5c(c4)C(=O)N(C4CCC(=O)NC4=O)C5)CC3)c(Cl)c2)[n+]2c[nH]cc2c1=O. The van der Waals surface area contributed by atoms with Crippen molar-refractivity contribution in [2.24, 2.45) is 0 Å². The van der Waals surface area contributed by atoms with Crippen LogP contribution in [-0.2, 0) is 22.7 Å². The van der Waals surface area contributed by atoms with Gasteiger partial charge in [-0.25, -0.2) is 4.98 Å². The first-order chi connectivity index (χ1) is 22.7. The van der Waals surface area contributed by atoms with E-state index in [1.54, 1.807) is 49.6 Å². The van der Waals surface area contributed by atoms with E-state index in [0.717, 1.165) is 22.5 Å². The molecular formula is C34H33ClN7O5+. The van der Waals surface area contributed by atoms with Crippen LogP contribution >= 0.6 is 11.6 Å². The van der Waals surface area contributed by atoms with Crippen molar-refractivity contribution in [2.75, 3.05) is 31.1 Å². The molecule has 0 saturated carbocycles. The molecule has 2 N–H and O–H groups in total. The molecule has 0 aliphatic carbocycles. The third-order valence-corrected chi connectivity index (χ3v) is 9.49. The molecule has 1 atom stereocenters. The predicted octanol–water partition coefficient (Wildman–Crippen LogP) is 2.54. The zero-order valence-electron chi connectivity index (χ0n) is 25.7. The van der Waals surface area contributed by atoms with E-state index in [1.807, 2.05) is 43.3 Å². The number of rotatable bonds is 6. The fourth-order valence-corrected chi connectivity index (χ4v) is 6.86. The number of allylic oxidation sites excluding steroid dienone is 2. The molecule has 2 aromatic carbocycles. The lowest BCUT2D eigenvalue weighted by molar-refractivity contribution is -0.500. The molecule has 0 bridgehead atoms. The largest absolute Gasteiger partial charge is 0.368 e. The summed E-state index contributed by atoms with van der Waals surface area (Å²) >= 11 is 6.72. The minimum absolute atomic E-state index is 0.120. The lowest BCUT2D eigenvalue weighted by Crippen LogP contribution is -2.52. The molecule has 3 aliphatic heterocycles. The van der Waals surface area contributed by atoms with E-state index >= 15 is 0 Å². The highest BCUT2D eigenvalue weighted by Crippen LogP contribution is 2.31. The summed E-state index contributed by atoms with van der Waals surface area (Å²) in [4.78, 5) is 72.2. The molecule has 5 heterocycles. The zero-order chi connectivity index (χ0) is 32.8. The minimum atomic E-state index is -0.655. The Labute approximate surface area is 274 Å². The minimum Gasteiger partial charge on any atom is -0.368 e. The lowest BCUT2D eigenvalue weighted by Gasteiger charge is -2.36. The number of aromatic nitrogens is 3. The van der Waals surface area contributed by atoms with Crippen LogP contribution in [0.2, 0.25) is 5.02 Å². The van der Waals surface area contributed by atoms with Crippen molar-refractivity contribution < 1.29 is 23.6 Å². The van der Waals surface area contributed by atoms with E-state index in [4.69, 9.17) is 11.6 Å². The van der Waals surface area contributed by atoms with Crippen molar-refractivity contribution in [2.45, 2.75) is 38.9 Å². The number of hydrogen-bond acceptors (Lipinski definition) is 6. The summed E-state index contributed by atoms with van der Waals surface area (Å²) in [7, 11) is 0. The summed E-state index contributed by atoms with van der Waals surface area (Å²) in [5, 5.41) is 2.66. The number of nitrogens with one attached hydrogen (secondary N) is 2. The Morgan fingerprint density at radius 2 is 1.87 bits per heavy atom. The molecule has 47 heavy (non-hydrogen) atoms. The van der Waals surface area contributed by atoms with Crippen molar-refractivity contribution in [3.63, 3.8) is 0 Å². The molecule has 2 saturated heterocycles. The number of hydrogen-bond donors (Lipinski definition) is 2. The van der Waals surface area contributed by atoms with Crippen molar-refractivity contribution in [3.05, 3.63) is 99.3 Å². The van der Waals surface area contributed by atoms with E-state index in [2.05, 4.69) is 15.2 Å². The molecule has 13 heteroatoms. The number of imidazole rings is 1. The van der Waals surface area contributed by atoms with Gasteiger partial charge in [0.15, 0.2) is 5.69 Å². The summed E-state index contributed by atoms with van der Waals surface area (Å²) < 4.78 is 3.41. The van der Waals surface area contributed by atoms with Crippen LogP contribution < -0.4 is 20.2 Å². The molecule has 12 nitrogen and oxygen atoms in total. The number of fused-ring (bicyclic) bond motifs is 2. The third kappa shape index (κ3) is 5.48. The number of imide groups is 1. The number of carbonyl (C=O) groups is 4.